The normalized spacial score (nSPS) is 18.9. The third-order valence-electron chi connectivity index (χ3n) is 10.8. The lowest BCUT2D eigenvalue weighted by Crippen LogP contribution is -3.07. The highest BCUT2D eigenvalue weighted by Gasteiger charge is 2.45. The lowest BCUT2D eigenvalue weighted by Gasteiger charge is -2.32. The first-order valence-corrected chi connectivity index (χ1v) is 19.0. The Hall–Kier alpha value is -4.08. The lowest BCUT2D eigenvalue weighted by atomic mass is 9.70. The third kappa shape index (κ3) is 9.24. The van der Waals surface area contributed by atoms with E-state index in [0.29, 0.717) is 31.7 Å². The number of ether oxygens (including phenoxy) is 1. The number of quaternary nitrogens is 1. The predicted octanol–water partition coefficient (Wildman–Crippen LogP) is 5.98. The van der Waals surface area contributed by atoms with Crippen LogP contribution in [-0.4, -0.2) is 47.6 Å². The molecule has 0 radical (unpaired) electrons. The maximum atomic E-state index is 12.5. The van der Waals surface area contributed by atoms with Gasteiger partial charge >= 0.3 is 0 Å². The number of carbonyl (C=O) groups is 1. The molecule has 3 aromatic rings. The molecule has 1 fully saturated rings. The smallest absolute Gasteiger partial charge is 0.227 e. The van der Waals surface area contributed by atoms with E-state index in [1.807, 2.05) is 18.2 Å². The summed E-state index contributed by atoms with van der Waals surface area (Å²) in [7, 11) is 0. The van der Waals surface area contributed by atoms with Crippen LogP contribution < -0.4 is 20.7 Å². The second-order valence-corrected chi connectivity index (χ2v) is 14.6. The maximum Gasteiger partial charge on any atom is 0.227 e. The molecule has 8 nitrogen and oxygen atoms in total. The minimum Gasteiger partial charge on any atom is -0.504 e. The van der Waals surface area contributed by atoms with Gasteiger partial charge in [0, 0.05) is 31.0 Å². The van der Waals surface area contributed by atoms with E-state index < -0.39 is 6.10 Å². The Balaban J connectivity index is 1.07. The van der Waals surface area contributed by atoms with Crippen LogP contribution in [0.1, 0.15) is 99.6 Å². The summed E-state index contributed by atoms with van der Waals surface area (Å²) in [5, 5.41) is 24.3. The van der Waals surface area contributed by atoms with Crippen LogP contribution in [0.2, 0.25) is 0 Å². The van der Waals surface area contributed by atoms with Crippen LogP contribution in [0, 0.1) is 0 Å². The van der Waals surface area contributed by atoms with Crippen LogP contribution >= 0.6 is 0 Å². The van der Waals surface area contributed by atoms with Crippen molar-refractivity contribution in [3.05, 3.63) is 119 Å². The lowest BCUT2D eigenvalue weighted by molar-refractivity contribution is -0.851. The Morgan fingerprint density at radius 2 is 1.84 bits per heavy atom. The molecule has 6 N–H and O–H groups in total. The van der Waals surface area contributed by atoms with Crippen LogP contribution in [0.3, 0.4) is 0 Å². The van der Waals surface area contributed by atoms with Crippen LogP contribution in [0.5, 0.6) is 11.5 Å². The Kier molecular flexibility index (Phi) is 12.5. The molecule has 3 aromatic carbocycles. The molecule has 2 heterocycles. The van der Waals surface area contributed by atoms with Crippen molar-refractivity contribution in [2.45, 2.75) is 102 Å². The summed E-state index contributed by atoms with van der Waals surface area (Å²) in [6.45, 7) is 4.00. The van der Waals surface area contributed by atoms with E-state index in [4.69, 9.17) is 15.5 Å². The van der Waals surface area contributed by atoms with Crippen molar-refractivity contribution in [3.63, 3.8) is 0 Å². The van der Waals surface area contributed by atoms with Gasteiger partial charge in [-0.3, -0.25) is 20.0 Å². The fourth-order valence-electron chi connectivity index (χ4n) is 7.92. The number of nitrogens with one attached hydrogen (secondary N) is 2. The van der Waals surface area contributed by atoms with E-state index >= 15 is 0 Å². The van der Waals surface area contributed by atoms with Crippen molar-refractivity contribution in [2.24, 2.45) is 10.7 Å². The van der Waals surface area contributed by atoms with Gasteiger partial charge in [-0.05, 0) is 72.1 Å². The highest BCUT2D eigenvalue weighted by atomic mass is 16.5. The molecule has 270 valence electrons. The summed E-state index contributed by atoms with van der Waals surface area (Å²) >= 11 is 0. The van der Waals surface area contributed by atoms with Crippen LogP contribution in [-0.2, 0) is 23.1 Å². The molecule has 2 aliphatic heterocycles. The number of benzene rings is 3. The van der Waals surface area contributed by atoms with Crippen molar-refractivity contribution in [3.8, 4) is 11.5 Å². The quantitative estimate of drug-likeness (QED) is 0.0779. The summed E-state index contributed by atoms with van der Waals surface area (Å²) in [6, 6.07) is 24.6. The molecular weight excluding hydrogens is 636 g/mol. The molecule has 3 aliphatic rings. The first-order chi connectivity index (χ1) is 24.8. The number of phenols is 1. The number of nitrogens with zero attached hydrogens (tertiary/aromatic N) is 1. The van der Waals surface area contributed by atoms with Gasteiger partial charge in [-0.1, -0.05) is 99.7 Å². The maximum absolute atomic E-state index is 12.5. The first-order valence-electron chi connectivity index (χ1n) is 19.0. The molecule has 8 heteroatoms. The number of Topliss-reactive ketones (excluding diaryl/α,β-unsaturated/α-hetero) is 1. The van der Waals surface area contributed by atoms with Crippen LogP contribution in [0.25, 0.3) is 0 Å². The zero-order valence-corrected chi connectivity index (χ0v) is 30.1. The van der Waals surface area contributed by atoms with Gasteiger partial charge in [0.15, 0.2) is 11.5 Å². The number of aromatic hydroxyl groups is 1. The molecule has 0 amide bonds. The molecule has 3 atom stereocenters. The van der Waals surface area contributed by atoms with E-state index in [2.05, 4.69) is 73.2 Å². The van der Waals surface area contributed by atoms with Gasteiger partial charge in [-0.25, -0.2) is 0 Å². The van der Waals surface area contributed by atoms with Crippen LogP contribution in [0.15, 0.2) is 101 Å². The second kappa shape index (κ2) is 17.4. The van der Waals surface area contributed by atoms with Gasteiger partial charge in [0.25, 0.3) is 0 Å². The molecule has 0 aromatic heterocycles. The molecule has 0 spiro atoms. The number of aliphatic hydroxyl groups is 1. The van der Waals surface area contributed by atoms with Crippen molar-refractivity contribution in [1.29, 1.82) is 0 Å². The number of rotatable bonds is 19. The number of hydrogen-bond donors (Lipinski definition) is 5. The Morgan fingerprint density at radius 3 is 2.65 bits per heavy atom. The number of aryl methyl sites for hydroxylation is 1. The molecule has 1 saturated carbocycles. The zero-order chi connectivity index (χ0) is 35.6. The van der Waals surface area contributed by atoms with Gasteiger partial charge < -0.3 is 20.7 Å². The second-order valence-electron chi connectivity index (χ2n) is 14.6. The molecule has 3 unspecified atom stereocenters. The van der Waals surface area contributed by atoms with Gasteiger partial charge in [-0.2, -0.15) is 0 Å². The molecule has 0 bridgehead atoms. The SMILES string of the molecule is CCCCCC(O)CC(=O)CCc1ccc(O)c(OC[NH+]2C=C3C(C4(c5cccc(C(N)NCCc6ccccc6)c5)CCCC4)=CN=C3C2)c1. The van der Waals surface area contributed by atoms with E-state index in [1.165, 1.54) is 35.1 Å². The molecule has 6 rings (SSSR count). The number of hydrogen-bond acceptors (Lipinski definition) is 7. The summed E-state index contributed by atoms with van der Waals surface area (Å²) in [5.74, 6) is 0.556. The van der Waals surface area contributed by atoms with Crippen molar-refractivity contribution < 1.29 is 24.6 Å². The monoisotopic (exact) mass is 691 g/mol. The van der Waals surface area contributed by atoms with Gasteiger partial charge in [0.1, 0.15) is 24.2 Å². The van der Waals surface area contributed by atoms with E-state index in [1.54, 1.807) is 6.07 Å². The Labute approximate surface area is 303 Å². The summed E-state index contributed by atoms with van der Waals surface area (Å²) in [6.07, 6.45) is 13.8. The molecule has 0 saturated heterocycles. The summed E-state index contributed by atoms with van der Waals surface area (Å²) in [4.78, 5) is 18.5. The fourth-order valence-corrected chi connectivity index (χ4v) is 7.92. The van der Waals surface area contributed by atoms with Gasteiger partial charge in [-0.15, -0.1) is 0 Å². The zero-order valence-electron chi connectivity index (χ0n) is 30.1. The van der Waals surface area contributed by atoms with E-state index in [0.717, 1.165) is 73.4 Å². The van der Waals surface area contributed by atoms with Crippen molar-refractivity contribution in [1.82, 2.24) is 5.32 Å². The molecular formula is C43H55N4O4+. The van der Waals surface area contributed by atoms with Gasteiger partial charge in [0.05, 0.1) is 17.8 Å². The third-order valence-corrected chi connectivity index (χ3v) is 10.8. The molecule has 51 heavy (non-hydrogen) atoms. The largest absolute Gasteiger partial charge is 0.504 e. The number of ketones is 1. The van der Waals surface area contributed by atoms with Crippen molar-refractivity contribution >= 4 is 11.5 Å². The number of carbonyl (C=O) groups excluding carboxylic acids is 1. The highest BCUT2D eigenvalue weighted by molar-refractivity contribution is 6.08. The summed E-state index contributed by atoms with van der Waals surface area (Å²) < 4.78 is 6.17. The predicted molar refractivity (Wildman–Crippen MR) is 203 cm³/mol. The highest BCUT2D eigenvalue weighted by Crippen LogP contribution is 2.50. The number of unbranched alkanes of at least 4 members (excludes halogenated alkanes) is 2. The number of phenolic OH excluding ortho intramolecular Hbond substituents is 1. The number of nitrogens with two attached hydrogens (primary N) is 1. The Morgan fingerprint density at radius 1 is 1.02 bits per heavy atom. The van der Waals surface area contributed by atoms with E-state index in [9.17, 15) is 15.0 Å². The number of aliphatic hydroxyl groups excluding tert-OH is 1. The average molecular weight is 692 g/mol. The minimum atomic E-state index is -0.565. The Bertz CT molecular complexity index is 1730. The summed E-state index contributed by atoms with van der Waals surface area (Å²) in [5.41, 5.74) is 14.8. The van der Waals surface area contributed by atoms with Gasteiger partial charge in [0.2, 0.25) is 6.73 Å². The number of aliphatic imine (C=N–C) groups is 1. The standard InChI is InChI=1S/C43H54N4O4/c1-2-3-5-15-35(48)26-36(49)18-16-32-17-19-40(50)41(24-32)51-30-47-28-37-38(27-46-39(37)29-47)43(21-8-9-22-43)34-14-10-13-33(25-34)42(44)45-23-20-31-11-6-4-7-12-31/h4,6-7,10-14,17,19,24-25,27-28,35,42,45,48,50H,2-3,5,8-9,15-16,18,20-23,26,29-30,44H2,1H3/p+1. The first kappa shape index (κ1) is 36.7. The van der Waals surface area contributed by atoms with E-state index in [-0.39, 0.29) is 29.5 Å². The average Bonchev–Trinajstić information content (AvgIpc) is 3.89. The topological polar surface area (TPSA) is 122 Å². The number of allylic oxidation sites excluding steroid dienone is 1. The van der Waals surface area contributed by atoms with Crippen LogP contribution in [0.4, 0.5) is 0 Å². The fraction of sp³-hybridized carbons (Fsp3) is 0.442. The molecule has 1 aliphatic carbocycles. The minimum absolute atomic E-state index is 0.0592. The number of fused-ring (bicyclic) bond motifs is 1. The van der Waals surface area contributed by atoms with Crippen molar-refractivity contribution in [2.75, 3.05) is 19.8 Å².